The number of nitrogens with zero attached hydrogens (tertiary/aromatic N) is 1. The Labute approximate surface area is 200 Å². The smallest absolute Gasteiger partial charge is 0.303 e. The molecule has 3 atom stereocenters. The molecule has 188 valence electrons. The molecule has 0 N–H and O–H groups in total. The van der Waals surface area contributed by atoms with E-state index in [9.17, 15) is 9.59 Å². The molecule has 0 bridgehead atoms. The van der Waals surface area contributed by atoms with E-state index in [-0.39, 0.29) is 30.7 Å². The number of carbonyl (C=O) groups is 2. The average molecular weight is 464 g/mol. The van der Waals surface area contributed by atoms with Crippen molar-refractivity contribution in [3.8, 4) is 0 Å². The summed E-state index contributed by atoms with van der Waals surface area (Å²) in [6.07, 6.45) is 8.92. The third kappa shape index (κ3) is 11.6. The van der Waals surface area contributed by atoms with E-state index in [4.69, 9.17) is 19.2 Å². The molecule has 0 radical (unpaired) electrons. The number of esters is 2. The minimum atomic E-state index is -0.558. The van der Waals surface area contributed by atoms with Crippen LogP contribution in [-0.4, -0.2) is 48.6 Å². The Kier molecular flexibility index (Phi) is 12.6. The van der Waals surface area contributed by atoms with E-state index in [1.807, 2.05) is 13.0 Å². The van der Waals surface area contributed by atoms with Gasteiger partial charge in [0.25, 0.3) is 0 Å². The zero-order valence-corrected chi connectivity index (χ0v) is 22.0. The van der Waals surface area contributed by atoms with Gasteiger partial charge in [-0.25, -0.2) is 0 Å². The standard InChI is InChI=1S/C27H45NO5/c1-19(2)11-13-25(28-20(3)4)21(5)10-9-16-27(8)26(33-23(7)30)14-12-24(18-32-27)15-17-31-22(6)29/h11,15,20-21,26H,9-10,12-14,16-18H2,1-8H3/b24-15+,28-25?/t21?,26-,27+/m1/s1. The van der Waals surface area contributed by atoms with Crippen LogP contribution in [0.4, 0.5) is 0 Å². The molecular weight excluding hydrogens is 418 g/mol. The maximum atomic E-state index is 11.8. The highest BCUT2D eigenvalue weighted by Gasteiger charge is 2.39. The molecule has 1 rings (SSSR count). The minimum Gasteiger partial charge on any atom is -0.462 e. The molecule has 1 heterocycles. The van der Waals surface area contributed by atoms with E-state index in [1.165, 1.54) is 25.1 Å². The fraction of sp³-hybridized carbons (Fsp3) is 0.741. The molecule has 0 aromatic rings. The number of rotatable bonds is 11. The molecule has 1 aliphatic rings. The molecule has 1 unspecified atom stereocenters. The summed E-state index contributed by atoms with van der Waals surface area (Å²) >= 11 is 0. The van der Waals surface area contributed by atoms with E-state index in [0.717, 1.165) is 37.7 Å². The topological polar surface area (TPSA) is 74.2 Å². The first-order chi connectivity index (χ1) is 15.4. The van der Waals surface area contributed by atoms with E-state index in [0.29, 0.717) is 18.9 Å². The quantitative estimate of drug-likeness (QED) is 0.214. The summed E-state index contributed by atoms with van der Waals surface area (Å²) in [6.45, 7) is 16.3. The highest BCUT2D eigenvalue weighted by Crippen LogP contribution is 2.34. The van der Waals surface area contributed by atoms with Gasteiger partial charge in [-0.2, -0.15) is 0 Å². The fourth-order valence-corrected chi connectivity index (χ4v) is 4.05. The average Bonchev–Trinajstić information content (AvgIpc) is 2.84. The van der Waals surface area contributed by atoms with Crippen LogP contribution in [0, 0.1) is 5.92 Å². The third-order valence-corrected chi connectivity index (χ3v) is 5.99. The Morgan fingerprint density at radius 1 is 1.18 bits per heavy atom. The van der Waals surface area contributed by atoms with E-state index >= 15 is 0 Å². The van der Waals surface area contributed by atoms with Gasteiger partial charge in [0.15, 0.2) is 0 Å². The lowest BCUT2D eigenvalue weighted by Crippen LogP contribution is -2.43. The van der Waals surface area contributed by atoms with Gasteiger partial charge in [0.05, 0.1) is 6.61 Å². The highest BCUT2D eigenvalue weighted by atomic mass is 16.6. The van der Waals surface area contributed by atoms with Gasteiger partial charge in [-0.1, -0.05) is 18.6 Å². The molecule has 1 aliphatic heterocycles. The lowest BCUT2D eigenvalue weighted by molar-refractivity contribution is -0.167. The Balaban J connectivity index is 2.84. The molecule has 0 amide bonds. The number of aliphatic imine (C=N–C) groups is 1. The second-order valence-corrected chi connectivity index (χ2v) is 9.90. The Bertz CT molecular complexity index is 733. The van der Waals surface area contributed by atoms with Crippen LogP contribution in [0.5, 0.6) is 0 Å². The molecule has 1 fully saturated rings. The normalized spacial score (nSPS) is 23.7. The van der Waals surface area contributed by atoms with Gasteiger partial charge < -0.3 is 14.2 Å². The first kappa shape index (κ1) is 29.1. The number of hydrogen-bond acceptors (Lipinski definition) is 6. The van der Waals surface area contributed by atoms with Crippen molar-refractivity contribution in [1.29, 1.82) is 0 Å². The van der Waals surface area contributed by atoms with E-state index < -0.39 is 5.60 Å². The molecule has 0 aromatic heterocycles. The zero-order valence-electron chi connectivity index (χ0n) is 22.0. The molecule has 6 nitrogen and oxygen atoms in total. The second-order valence-electron chi connectivity index (χ2n) is 9.90. The van der Waals surface area contributed by atoms with E-state index in [1.54, 1.807) is 0 Å². The Morgan fingerprint density at radius 3 is 2.45 bits per heavy atom. The van der Waals surface area contributed by atoms with Gasteiger partial charge in [-0.3, -0.25) is 14.6 Å². The molecule has 33 heavy (non-hydrogen) atoms. The van der Waals surface area contributed by atoms with Crippen molar-refractivity contribution in [3.63, 3.8) is 0 Å². The van der Waals surface area contributed by atoms with Crippen LogP contribution in [0.1, 0.15) is 93.9 Å². The predicted molar refractivity (Wildman–Crippen MR) is 133 cm³/mol. The molecule has 0 aromatic carbocycles. The highest BCUT2D eigenvalue weighted by molar-refractivity contribution is 5.88. The molecule has 0 aliphatic carbocycles. The van der Waals surface area contributed by atoms with E-state index in [2.05, 4.69) is 40.7 Å². The van der Waals surface area contributed by atoms with Crippen LogP contribution in [-0.2, 0) is 23.8 Å². The van der Waals surface area contributed by atoms with Crippen LogP contribution in [0.15, 0.2) is 28.3 Å². The zero-order chi connectivity index (χ0) is 25.0. The summed E-state index contributed by atoms with van der Waals surface area (Å²) in [5, 5.41) is 0. The molecule has 0 spiro atoms. The van der Waals surface area contributed by atoms with Gasteiger partial charge >= 0.3 is 11.9 Å². The number of allylic oxidation sites excluding steroid dienone is 2. The summed E-state index contributed by atoms with van der Waals surface area (Å²) in [5.41, 5.74) is 3.06. The van der Waals surface area contributed by atoms with Gasteiger partial charge in [0, 0.05) is 32.0 Å². The first-order valence-corrected chi connectivity index (χ1v) is 12.2. The van der Waals surface area contributed by atoms with Crippen molar-refractivity contribution in [2.75, 3.05) is 13.2 Å². The molecule has 1 saturated heterocycles. The van der Waals surface area contributed by atoms with Crippen LogP contribution >= 0.6 is 0 Å². The first-order valence-electron chi connectivity index (χ1n) is 12.2. The van der Waals surface area contributed by atoms with Crippen molar-refractivity contribution in [2.45, 2.75) is 112 Å². The summed E-state index contributed by atoms with van der Waals surface area (Å²) in [7, 11) is 0. The maximum Gasteiger partial charge on any atom is 0.303 e. The monoisotopic (exact) mass is 463 g/mol. The van der Waals surface area contributed by atoms with Crippen molar-refractivity contribution < 1.29 is 23.8 Å². The number of ether oxygens (including phenoxy) is 3. The van der Waals surface area contributed by atoms with Gasteiger partial charge in [-0.05, 0) is 84.3 Å². The van der Waals surface area contributed by atoms with Crippen LogP contribution in [0.3, 0.4) is 0 Å². The Hall–Kier alpha value is -1.95. The lowest BCUT2D eigenvalue weighted by Gasteiger charge is -2.35. The summed E-state index contributed by atoms with van der Waals surface area (Å²) in [5.74, 6) is -0.213. The number of carbonyl (C=O) groups excluding carboxylic acids is 2. The van der Waals surface area contributed by atoms with Gasteiger partial charge in [0.1, 0.15) is 18.3 Å². The van der Waals surface area contributed by atoms with Crippen molar-refractivity contribution >= 4 is 17.7 Å². The van der Waals surface area contributed by atoms with Crippen LogP contribution < -0.4 is 0 Å². The Morgan fingerprint density at radius 2 is 1.88 bits per heavy atom. The summed E-state index contributed by atoms with van der Waals surface area (Å²) < 4.78 is 17.1. The summed E-state index contributed by atoms with van der Waals surface area (Å²) in [6, 6.07) is 0.279. The van der Waals surface area contributed by atoms with Gasteiger partial charge in [-0.15, -0.1) is 0 Å². The number of hydrogen-bond donors (Lipinski definition) is 0. The largest absolute Gasteiger partial charge is 0.462 e. The van der Waals surface area contributed by atoms with Gasteiger partial charge in [0.2, 0.25) is 0 Å². The molecular formula is C27H45NO5. The van der Waals surface area contributed by atoms with Crippen LogP contribution in [0.2, 0.25) is 0 Å². The molecule has 6 heteroatoms. The van der Waals surface area contributed by atoms with Crippen molar-refractivity contribution in [3.05, 3.63) is 23.3 Å². The lowest BCUT2D eigenvalue weighted by atomic mass is 9.87. The maximum absolute atomic E-state index is 11.8. The predicted octanol–water partition coefficient (Wildman–Crippen LogP) is 5.99. The summed E-state index contributed by atoms with van der Waals surface area (Å²) in [4.78, 5) is 27.7. The van der Waals surface area contributed by atoms with Crippen LogP contribution in [0.25, 0.3) is 0 Å². The third-order valence-electron chi connectivity index (χ3n) is 5.99. The van der Waals surface area contributed by atoms with Crippen molar-refractivity contribution in [2.24, 2.45) is 10.9 Å². The fourth-order valence-electron chi connectivity index (χ4n) is 4.05. The minimum absolute atomic E-state index is 0.240. The SMILES string of the molecule is CC(=O)OC/C=C1\CC[C@@H](OC(C)=O)[C@](C)(CCCC(C)C(CC=C(C)C)=NC(C)C)OC1. The van der Waals surface area contributed by atoms with Crippen molar-refractivity contribution in [1.82, 2.24) is 0 Å². The molecule has 0 saturated carbocycles. The second kappa shape index (κ2) is 14.3.